The van der Waals surface area contributed by atoms with Gasteiger partial charge in [0.1, 0.15) is 6.29 Å². The summed E-state index contributed by atoms with van der Waals surface area (Å²) in [6.07, 6.45) is 8.45. The Kier molecular flexibility index (Phi) is 11.4. The van der Waals surface area contributed by atoms with Gasteiger partial charge in [0.25, 0.3) is 8.32 Å². The highest BCUT2D eigenvalue weighted by atomic mass is 32.1. The third-order valence-electron chi connectivity index (χ3n) is 7.67. The number of carbonyl (C=O) groups excluding carboxylic acids is 1. The molecule has 0 aliphatic carbocycles. The van der Waals surface area contributed by atoms with E-state index in [1.54, 1.807) is 11.3 Å². The molecule has 0 radical (unpaired) electrons. The highest BCUT2D eigenvalue weighted by Gasteiger charge is 2.52. The highest BCUT2D eigenvalue weighted by molar-refractivity contribution is 7.09. The van der Waals surface area contributed by atoms with Crippen molar-refractivity contribution in [1.82, 2.24) is 4.98 Å². The van der Waals surface area contributed by atoms with Crippen LogP contribution in [0.4, 0.5) is 0 Å². The van der Waals surface area contributed by atoms with Crippen LogP contribution in [0, 0.1) is 18.8 Å². The van der Waals surface area contributed by atoms with Gasteiger partial charge in [-0.15, -0.1) is 11.3 Å². The molecule has 40 heavy (non-hydrogen) atoms. The lowest BCUT2D eigenvalue weighted by atomic mass is 9.94. The summed E-state index contributed by atoms with van der Waals surface area (Å²) >= 11 is 1.68. The quantitative estimate of drug-likeness (QED) is 0.117. The maximum absolute atomic E-state index is 11.1. The van der Waals surface area contributed by atoms with Crippen LogP contribution in [-0.4, -0.2) is 25.7 Å². The lowest BCUT2D eigenvalue weighted by Crippen LogP contribution is -2.68. The number of hydrogen-bond acceptors (Lipinski definition) is 4. The summed E-state index contributed by atoms with van der Waals surface area (Å²) < 4.78 is 7.69. The number of allylic oxidation sites excluding steroid dienone is 1. The molecule has 3 aromatic rings. The van der Waals surface area contributed by atoms with E-state index >= 15 is 0 Å². The lowest BCUT2D eigenvalue weighted by molar-refractivity contribution is -0.110. The molecule has 0 unspecified atom stereocenters. The fourth-order valence-corrected chi connectivity index (χ4v) is 11.0. The van der Waals surface area contributed by atoms with E-state index < -0.39 is 8.32 Å². The number of carbonyl (C=O) groups is 1. The first-order valence-corrected chi connectivity index (χ1v) is 17.3. The molecule has 2 aromatic carbocycles. The summed E-state index contributed by atoms with van der Waals surface area (Å²) in [6, 6.07) is 21.7. The van der Waals surface area contributed by atoms with Gasteiger partial charge < -0.3 is 9.22 Å². The molecule has 5 heteroatoms. The Labute approximate surface area is 247 Å². The van der Waals surface area contributed by atoms with Gasteiger partial charge in [0.15, 0.2) is 0 Å². The second kappa shape index (κ2) is 14.3. The zero-order valence-electron chi connectivity index (χ0n) is 25.6. The predicted octanol–water partition coefficient (Wildman–Crippen LogP) is 8.39. The van der Waals surface area contributed by atoms with Crippen LogP contribution in [0.3, 0.4) is 0 Å². The summed E-state index contributed by atoms with van der Waals surface area (Å²) in [5.41, 5.74) is 3.52. The molecule has 3 nitrogen and oxygen atoms in total. The fraction of sp³-hybridized carbons (Fsp3) is 0.429. The van der Waals surface area contributed by atoms with Crippen molar-refractivity contribution in [3.63, 3.8) is 0 Å². The average molecular weight is 574 g/mol. The van der Waals surface area contributed by atoms with E-state index in [9.17, 15) is 4.79 Å². The van der Waals surface area contributed by atoms with Gasteiger partial charge in [0, 0.05) is 17.2 Å². The SMILES string of the molecule is C/C(=C/[C@H](C)[C@H](O[Si](c1ccccc1)(c1ccccc1)C(C)(C)C)/C(C)=C/c1csc(C)n1)CCC[C@H](C)C=O. The van der Waals surface area contributed by atoms with Gasteiger partial charge in [-0.1, -0.05) is 107 Å². The number of aldehydes is 1. The second-order valence-corrected chi connectivity index (χ2v) is 17.6. The zero-order chi connectivity index (χ0) is 29.3. The molecular formula is C35H47NO2SSi. The maximum Gasteiger partial charge on any atom is 0.261 e. The van der Waals surface area contributed by atoms with Crippen LogP contribution in [0.5, 0.6) is 0 Å². The van der Waals surface area contributed by atoms with Crippen LogP contribution in [0.2, 0.25) is 5.04 Å². The van der Waals surface area contributed by atoms with E-state index in [2.05, 4.69) is 120 Å². The Hall–Kier alpha value is -2.60. The monoisotopic (exact) mass is 573 g/mol. The van der Waals surface area contributed by atoms with Crippen LogP contribution < -0.4 is 10.4 Å². The first-order valence-electron chi connectivity index (χ1n) is 14.5. The summed E-state index contributed by atoms with van der Waals surface area (Å²) in [6.45, 7) is 17.7. The van der Waals surface area contributed by atoms with Crippen molar-refractivity contribution >= 4 is 42.4 Å². The van der Waals surface area contributed by atoms with E-state index in [0.717, 1.165) is 36.3 Å². The molecule has 1 aromatic heterocycles. The van der Waals surface area contributed by atoms with Crippen molar-refractivity contribution in [3.05, 3.63) is 94.0 Å². The molecule has 0 aliphatic rings. The Morgan fingerprint density at radius 3 is 2.05 bits per heavy atom. The van der Waals surface area contributed by atoms with Crippen molar-refractivity contribution < 1.29 is 9.22 Å². The molecule has 0 amide bonds. The van der Waals surface area contributed by atoms with Crippen molar-refractivity contribution in [2.24, 2.45) is 11.8 Å². The maximum atomic E-state index is 11.1. The van der Waals surface area contributed by atoms with Gasteiger partial charge in [-0.3, -0.25) is 0 Å². The Balaban J connectivity index is 2.12. The molecular weight excluding hydrogens is 527 g/mol. The van der Waals surface area contributed by atoms with Gasteiger partial charge in [-0.2, -0.15) is 0 Å². The molecule has 3 atom stereocenters. The topological polar surface area (TPSA) is 39.2 Å². The molecule has 0 saturated heterocycles. The normalized spacial score (nSPS) is 15.5. The third kappa shape index (κ3) is 7.99. The van der Waals surface area contributed by atoms with Gasteiger partial charge in [-0.05, 0) is 67.1 Å². The predicted molar refractivity (Wildman–Crippen MR) is 175 cm³/mol. The van der Waals surface area contributed by atoms with Gasteiger partial charge >= 0.3 is 0 Å². The van der Waals surface area contributed by atoms with E-state index in [0.29, 0.717) is 0 Å². The number of aromatic nitrogens is 1. The molecule has 0 bridgehead atoms. The first kappa shape index (κ1) is 31.9. The second-order valence-electron chi connectivity index (χ2n) is 12.3. The number of aryl methyl sites for hydroxylation is 1. The number of benzene rings is 2. The summed E-state index contributed by atoms with van der Waals surface area (Å²) in [5.74, 6) is 0.268. The van der Waals surface area contributed by atoms with Crippen LogP contribution in [0.1, 0.15) is 78.4 Å². The number of thiazole rings is 1. The van der Waals surface area contributed by atoms with Crippen molar-refractivity contribution in [2.75, 3.05) is 0 Å². The fourth-order valence-electron chi connectivity index (χ4n) is 5.65. The van der Waals surface area contributed by atoms with Crippen LogP contribution in [-0.2, 0) is 9.22 Å². The third-order valence-corrected chi connectivity index (χ3v) is 13.5. The van der Waals surface area contributed by atoms with Gasteiger partial charge in [-0.25, -0.2) is 4.98 Å². The molecule has 0 N–H and O–H groups in total. The minimum Gasteiger partial charge on any atom is -0.400 e. The average Bonchev–Trinajstić information content (AvgIpc) is 3.33. The largest absolute Gasteiger partial charge is 0.400 e. The van der Waals surface area contributed by atoms with Gasteiger partial charge in [0.05, 0.1) is 16.8 Å². The molecule has 1 heterocycles. The molecule has 0 fully saturated rings. The van der Waals surface area contributed by atoms with Crippen molar-refractivity contribution in [3.8, 4) is 0 Å². The smallest absolute Gasteiger partial charge is 0.261 e. The van der Waals surface area contributed by atoms with Crippen LogP contribution >= 0.6 is 11.3 Å². The Morgan fingerprint density at radius 2 is 1.57 bits per heavy atom. The number of rotatable bonds is 13. The van der Waals surface area contributed by atoms with Gasteiger partial charge in [0.2, 0.25) is 0 Å². The summed E-state index contributed by atoms with van der Waals surface area (Å²) in [4.78, 5) is 15.8. The zero-order valence-corrected chi connectivity index (χ0v) is 27.4. The lowest BCUT2D eigenvalue weighted by Gasteiger charge is -2.46. The molecule has 0 saturated carbocycles. The Morgan fingerprint density at radius 1 is 1.00 bits per heavy atom. The number of hydrogen-bond donors (Lipinski definition) is 0. The molecule has 0 aliphatic heterocycles. The van der Waals surface area contributed by atoms with E-state index in [1.807, 2.05) is 13.8 Å². The van der Waals surface area contributed by atoms with E-state index in [1.165, 1.54) is 21.5 Å². The molecule has 3 rings (SSSR count). The highest BCUT2D eigenvalue weighted by Crippen LogP contribution is 2.40. The summed E-state index contributed by atoms with van der Waals surface area (Å²) in [5, 5.41) is 5.64. The van der Waals surface area contributed by atoms with Crippen LogP contribution in [0.25, 0.3) is 6.08 Å². The van der Waals surface area contributed by atoms with Crippen molar-refractivity contribution in [2.45, 2.75) is 85.8 Å². The summed E-state index contributed by atoms with van der Waals surface area (Å²) in [7, 11) is -2.77. The van der Waals surface area contributed by atoms with Crippen LogP contribution in [0.15, 0.2) is 83.3 Å². The Bertz CT molecular complexity index is 1230. The molecule has 214 valence electrons. The standard InChI is InChI=1S/C35H47NO2SSi/c1-26(16-15-17-27(2)24-37)22-28(3)34(29(4)23-31-25-39-30(5)36-31)38-40(35(6,7)8,32-18-11-9-12-19-32)33-20-13-10-14-21-33/h9-14,18-25,27-28,34H,15-17H2,1-8H3/b26-22-,29-23+/t27-,28-,34-/m0/s1. The van der Waals surface area contributed by atoms with E-state index in [-0.39, 0.29) is 23.0 Å². The minimum absolute atomic E-state index is 0.114. The first-order chi connectivity index (χ1) is 19.0. The molecule has 0 spiro atoms. The number of nitrogens with zero attached hydrogens (tertiary/aromatic N) is 1. The van der Waals surface area contributed by atoms with E-state index in [4.69, 9.17) is 9.41 Å². The minimum atomic E-state index is -2.77. The van der Waals surface area contributed by atoms with Crippen molar-refractivity contribution in [1.29, 1.82) is 0 Å².